The van der Waals surface area contributed by atoms with E-state index in [1.165, 1.54) is 17.5 Å². The van der Waals surface area contributed by atoms with Crippen molar-refractivity contribution in [3.8, 4) is 0 Å². The van der Waals surface area contributed by atoms with Crippen molar-refractivity contribution in [1.82, 2.24) is 0 Å². The minimum absolute atomic E-state index is 0.345. The summed E-state index contributed by atoms with van der Waals surface area (Å²) in [4.78, 5) is 11.7. The Morgan fingerprint density at radius 3 is 2.82 bits per heavy atom. The zero-order valence-electron chi connectivity index (χ0n) is 10.5. The van der Waals surface area contributed by atoms with E-state index < -0.39 is 0 Å². The quantitative estimate of drug-likeness (QED) is 0.710. The number of aryl methyl sites for hydroxylation is 1. The van der Waals surface area contributed by atoms with Gasteiger partial charge in [0.25, 0.3) is 0 Å². The lowest BCUT2D eigenvalue weighted by atomic mass is 9.92. The monoisotopic (exact) mass is 228 g/mol. The predicted molar refractivity (Wildman–Crippen MR) is 71.9 cm³/mol. The molecule has 0 aliphatic heterocycles. The number of rotatable bonds is 3. The minimum atomic E-state index is 0.345. The van der Waals surface area contributed by atoms with E-state index in [4.69, 9.17) is 0 Å². The third kappa shape index (κ3) is 3.29. The van der Waals surface area contributed by atoms with E-state index >= 15 is 0 Å². The lowest BCUT2D eigenvalue weighted by Crippen LogP contribution is -2.07. The first kappa shape index (κ1) is 12.1. The summed E-state index contributed by atoms with van der Waals surface area (Å²) < 4.78 is 0. The molecule has 90 valence electrons. The van der Waals surface area contributed by atoms with Crippen molar-refractivity contribution < 1.29 is 4.79 Å². The molecule has 0 radical (unpaired) electrons. The molecule has 1 nitrogen and oxygen atoms in total. The van der Waals surface area contributed by atoms with E-state index in [0.717, 1.165) is 37.7 Å². The Bertz CT molecular complexity index is 429. The maximum absolute atomic E-state index is 11.7. The molecular formula is C16H20O. The molecule has 1 aliphatic rings. The van der Waals surface area contributed by atoms with Gasteiger partial charge in [0.1, 0.15) is 0 Å². The van der Waals surface area contributed by atoms with E-state index in [2.05, 4.69) is 37.3 Å². The standard InChI is InChI=1S/C16H20O/c1-2-6-13-7-5-8-14(11-13)12-15-9-3-4-10-16(15)17/h5,7-8,11-12H,2-4,6,9-10H2,1H3/b15-12+. The summed E-state index contributed by atoms with van der Waals surface area (Å²) >= 11 is 0. The molecule has 1 fully saturated rings. The molecule has 17 heavy (non-hydrogen) atoms. The number of carbonyl (C=O) groups excluding carboxylic acids is 1. The maximum atomic E-state index is 11.7. The smallest absolute Gasteiger partial charge is 0.158 e. The Morgan fingerprint density at radius 1 is 1.24 bits per heavy atom. The fourth-order valence-electron chi connectivity index (χ4n) is 2.38. The molecule has 0 heterocycles. The normalized spacial score (nSPS) is 18.6. The van der Waals surface area contributed by atoms with Crippen molar-refractivity contribution in [2.45, 2.75) is 45.4 Å². The Hall–Kier alpha value is -1.37. The van der Waals surface area contributed by atoms with Gasteiger partial charge in [-0.2, -0.15) is 0 Å². The van der Waals surface area contributed by atoms with Crippen LogP contribution in [0.1, 0.15) is 50.2 Å². The highest BCUT2D eigenvalue weighted by Gasteiger charge is 2.14. The molecule has 0 saturated heterocycles. The van der Waals surface area contributed by atoms with E-state index in [-0.39, 0.29) is 0 Å². The van der Waals surface area contributed by atoms with Crippen LogP contribution in [-0.2, 0) is 11.2 Å². The predicted octanol–water partition coefficient (Wildman–Crippen LogP) is 4.17. The van der Waals surface area contributed by atoms with E-state index in [0.29, 0.717) is 5.78 Å². The molecule has 1 aromatic rings. The number of benzene rings is 1. The lowest BCUT2D eigenvalue weighted by molar-refractivity contribution is -0.116. The van der Waals surface area contributed by atoms with Crippen LogP contribution in [0.2, 0.25) is 0 Å². The van der Waals surface area contributed by atoms with Crippen LogP contribution >= 0.6 is 0 Å². The third-order valence-corrected chi connectivity index (χ3v) is 3.29. The van der Waals surface area contributed by atoms with E-state index in [1.807, 2.05) is 0 Å². The van der Waals surface area contributed by atoms with Crippen LogP contribution in [0, 0.1) is 0 Å². The van der Waals surface area contributed by atoms with Crippen molar-refractivity contribution in [2.24, 2.45) is 0 Å². The zero-order valence-corrected chi connectivity index (χ0v) is 10.5. The van der Waals surface area contributed by atoms with Crippen LogP contribution in [0.25, 0.3) is 6.08 Å². The molecule has 1 aromatic carbocycles. The highest BCUT2D eigenvalue weighted by atomic mass is 16.1. The summed E-state index contributed by atoms with van der Waals surface area (Å²) in [7, 11) is 0. The molecule has 0 spiro atoms. The largest absolute Gasteiger partial charge is 0.295 e. The van der Waals surface area contributed by atoms with Gasteiger partial charge in [-0.3, -0.25) is 4.79 Å². The second-order valence-electron chi connectivity index (χ2n) is 4.79. The molecule has 0 amide bonds. The van der Waals surface area contributed by atoms with Crippen LogP contribution in [0.3, 0.4) is 0 Å². The maximum Gasteiger partial charge on any atom is 0.158 e. The molecule has 1 saturated carbocycles. The number of ketones is 1. The zero-order chi connectivity index (χ0) is 12.1. The van der Waals surface area contributed by atoms with Gasteiger partial charge in [0, 0.05) is 6.42 Å². The molecule has 1 heteroatoms. The first-order chi connectivity index (χ1) is 8.29. The van der Waals surface area contributed by atoms with Crippen LogP contribution in [0.15, 0.2) is 29.8 Å². The Kier molecular flexibility index (Phi) is 4.13. The molecule has 1 aliphatic carbocycles. The summed E-state index contributed by atoms with van der Waals surface area (Å²) in [6.45, 7) is 2.19. The van der Waals surface area contributed by atoms with Crippen molar-refractivity contribution >= 4 is 11.9 Å². The van der Waals surface area contributed by atoms with Crippen LogP contribution in [0.5, 0.6) is 0 Å². The summed E-state index contributed by atoms with van der Waals surface area (Å²) in [6.07, 6.45) is 8.28. The molecule has 2 rings (SSSR count). The SMILES string of the molecule is CCCc1cccc(/C=C2\CCCCC2=O)c1. The van der Waals surface area contributed by atoms with Gasteiger partial charge in [-0.1, -0.05) is 37.6 Å². The van der Waals surface area contributed by atoms with Crippen LogP contribution < -0.4 is 0 Å². The third-order valence-electron chi connectivity index (χ3n) is 3.29. The Balaban J connectivity index is 2.19. The van der Waals surface area contributed by atoms with Crippen molar-refractivity contribution in [3.05, 3.63) is 41.0 Å². The fourth-order valence-corrected chi connectivity index (χ4v) is 2.38. The number of allylic oxidation sites excluding steroid dienone is 1. The Morgan fingerprint density at radius 2 is 2.06 bits per heavy atom. The number of hydrogen-bond acceptors (Lipinski definition) is 1. The second kappa shape index (κ2) is 5.81. The fraction of sp³-hybridized carbons (Fsp3) is 0.438. The topological polar surface area (TPSA) is 17.1 Å². The van der Waals surface area contributed by atoms with Crippen LogP contribution in [0.4, 0.5) is 0 Å². The summed E-state index contributed by atoms with van der Waals surface area (Å²) in [5.74, 6) is 0.345. The van der Waals surface area contributed by atoms with Gasteiger partial charge in [0.15, 0.2) is 5.78 Å². The lowest BCUT2D eigenvalue weighted by Gasteiger charge is -2.12. The number of Topliss-reactive ketones (excluding diaryl/α,β-unsaturated/α-hetero) is 1. The molecule has 0 N–H and O–H groups in total. The van der Waals surface area contributed by atoms with E-state index in [1.54, 1.807) is 0 Å². The average Bonchev–Trinajstić information content (AvgIpc) is 2.33. The van der Waals surface area contributed by atoms with Gasteiger partial charge < -0.3 is 0 Å². The average molecular weight is 228 g/mol. The van der Waals surface area contributed by atoms with Gasteiger partial charge in [-0.25, -0.2) is 0 Å². The summed E-state index contributed by atoms with van der Waals surface area (Å²) in [5, 5.41) is 0. The number of carbonyl (C=O) groups is 1. The first-order valence-electron chi connectivity index (χ1n) is 6.62. The number of hydrogen-bond donors (Lipinski definition) is 0. The molecule has 0 aromatic heterocycles. The van der Waals surface area contributed by atoms with E-state index in [9.17, 15) is 4.79 Å². The summed E-state index contributed by atoms with van der Waals surface area (Å²) in [6, 6.07) is 8.55. The molecule has 0 atom stereocenters. The van der Waals surface area contributed by atoms with Crippen molar-refractivity contribution in [2.75, 3.05) is 0 Å². The minimum Gasteiger partial charge on any atom is -0.295 e. The van der Waals surface area contributed by atoms with Gasteiger partial charge in [0.05, 0.1) is 0 Å². The van der Waals surface area contributed by atoms with Crippen molar-refractivity contribution in [1.29, 1.82) is 0 Å². The van der Waals surface area contributed by atoms with Gasteiger partial charge in [0.2, 0.25) is 0 Å². The highest BCUT2D eigenvalue weighted by Crippen LogP contribution is 2.22. The van der Waals surface area contributed by atoms with Crippen molar-refractivity contribution in [3.63, 3.8) is 0 Å². The Labute approximate surface area is 104 Å². The highest BCUT2D eigenvalue weighted by molar-refractivity contribution is 6.00. The molecule has 0 bridgehead atoms. The summed E-state index contributed by atoms with van der Waals surface area (Å²) in [5.41, 5.74) is 3.57. The first-order valence-corrected chi connectivity index (χ1v) is 6.62. The van der Waals surface area contributed by atoms with Crippen LogP contribution in [-0.4, -0.2) is 5.78 Å². The van der Waals surface area contributed by atoms with Gasteiger partial charge in [-0.15, -0.1) is 0 Å². The second-order valence-corrected chi connectivity index (χ2v) is 4.79. The molecule has 0 unspecified atom stereocenters. The molecular weight excluding hydrogens is 208 g/mol. The van der Waals surface area contributed by atoms with Gasteiger partial charge in [-0.05, 0) is 48.5 Å². The van der Waals surface area contributed by atoms with Gasteiger partial charge >= 0.3 is 0 Å².